The molecule has 1 unspecified atom stereocenters. The first-order chi connectivity index (χ1) is 15.3. The molecule has 1 atom stereocenters. The van der Waals surface area contributed by atoms with E-state index in [0.717, 1.165) is 65.0 Å². The Morgan fingerprint density at radius 1 is 1.22 bits per heavy atom. The fourth-order valence-corrected chi connectivity index (χ4v) is 5.38. The minimum absolute atomic E-state index is 0.0256. The van der Waals surface area contributed by atoms with Crippen LogP contribution in [-0.2, 0) is 14.3 Å². The molecule has 32 heavy (non-hydrogen) atoms. The predicted octanol–water partition coefficient (Wildman–Crippen LogP) is 1.93. The summed E-state index contributed by atoms with van der Waals surface area (Å²) in [6.07, 6.45) is 4.77. The molecule has 2 amide bonds. The van der Waals surface area contributed by atoms with Gasteiger partial charge in [0.1, 0.15) is 0 Å². The predicted molar refractivity (Wildman–Crippen MR) is 118 cm³/mol. The number of amides is 2. The Labute approximate surface area is 190 Å². The van der Waals surface area contributed by atoms with Gasteiger partial charge < -0.3 is 19.5 Å². The molecule has 178 valence electrons. The van der Waals surface area contributed by atoms with Crippen molar-refractivity contribution in [2.45, 2.75) is 58.9 Å². The number of carbonyl (C=O) groups excluding carboxylic acids is 2. The maximum absolute atomic E-state index is 12.8. The SMILES string of the molecule is Cc1noc(C2CC3(CCN(C(=O)C(C)C)CC3)CN2CC(=O)NCC2CCOCC2)n1. The van der Waals surface area contributed by atoms with E-state index in [1.807, 2.05) is 25.7 Å². The Hall–Kier alpha value is -2.00. The highest BCUT2D eigenvalue weighted by Gasteiger charge is 2.48. The Morgan fingerprint density at radius 3 is 2.56 bits per heavy atom. The van der Waals surface area contributed by atoms with E-state index in [1.165, 1.54) is 0 Å². The first kappa shape index (κ1) is 23.2. The summed E-state index contributed by atoms with van der Waals surface area (Å²) < 4.78 is 10.9. The fraction of sp³-hybridized carbons (Fsp3) is 0.826. The zero-order valence-electron chi connectivity index (χ0n) is 19.6. The quantitative estimate of drug-likeness (QED) is 0.711. The van der Waals surface area contributed by atoms with Crippen LogP contribution in [0.4, 0.5) is 0 Å². The molecule has 0 saturated carbocycles. The molecule has 3 saturated heterocycles. The monoisotopic (exact) mass is 447 g/mol. The summed E-state index contributed by atoms with van der Waals surface area (Å²) in [7, 11) is 0. The van der Waals surface area contributed by atoms with E-state index in [-0.39, 0.29) is 29.2 Å². The van der Waals surface area contributed by atoms with Crippen molar-refractivity contribution in [2.24, 2.45) is 17.3 Å². The molecule has 0 radical (unpaired) electrons. The molecular formula is C23H37N5O4. The second-order valence-electron chi connectivity index (χ2n) is 10.1. The van der Waals surface area contributed by atoms with Crippen molar-refractivity contribution in [2.75, 3.05) is 45.9 Å². The van der Waals surface area contributed by atoms with Crippen molar-refractivity contribution < 1.29 is 18.8 Å². The molecule has 1 spiro atoms. The summed E-state index contributed by atoms with van der Waals surface area (Å²) in [6, 6.07) is -0.0580. The van der Waals surface area contributed by atoms with Crippen molar-refractivity contribution in [3.8, 4) is 0 Å². The lowest BCUT2D eigenvalue weighted by molar-refractivity contribution is -0.136. The molecule has 4 heterocycles. The summed E-state index contributed by atoms with van der Waals surface area (Å²) in [6.45, 7) is 10.7. The molecule has 9 nitrogen and oxygen atoms in total. The van der Waals surface area contributed by atoms with E-state index in [2.05, 4.69) is 20.4 Å². The fourth-order valence-electron chi connectivity index (χ4n) is 5.38. The summed E-state index contributed by atoms with van der Waals surface area (Å²) in [5, 5.41) is 7.11. The zero-order chi connectivity index (χ0) is 22.7. The van der Waals surface area contributed by atoms with Crippen LogP contribution >= 0.6 is 0 Å². The van der Waals surface area contributed by atoms with Crippen LogP contribution in [0.2, 0.25) is 0 Å². The first-order valence-corrected chi connectivity index (χ1v) is 12.0. The van der Waals surface area contributed by atoms with Crippen LogP contribution in [0.3, 0.4) is 0 Å². The number of carbonyl (C=O) groups is 2. The Kier molecular flexibility index (Phi) is 7.14. The third kappa shape index (κ3) is 5.31. The van der Waals surface area contributed by atoms with Gasteiger partial charge in [0.2, 0.25) is 17.7 Å². The Bertz CT molecular complexity index is 796. The number of piperidine rings is 1. The van der Waals surface area contributed by atoms with Crippen molar-refractivity contribution >= 4 is 11.8 Å². The maximum atomic E-state index is 12.8. The third-order valence-electron chi connectivity index (χ3n) is 7.34. The molecule has 0 bridgehead atoms. The highest BCUT2D eigenvalue weighted by atomic mass is 16.5. The average Bonchev–Trinajstić information content (AvgIpc) is 3.36. The van der Waals surface area contributed by atoms with Gasteiger partial charge in [0.15, 0.2) is 5.82 Å². The van der Waals surface area contributed by atoms with Crippen molar-refractivity contribution in [1.82, 2.24) is 25.3 Å². The standard InChI is InChI=1S/C23H37N5O4/c1-16(2)22(30)27-8-6-23(7-9-27)12-19(21-25-17(3)26-32-21)28(15-23)14-20(29)24-13-18-4-10-31-11-5-18/h16,18-19H,4-15H2,1-3H3,(H,24,29). The van der Waals surface area contributed by atoms with Crippen molar-refractivity contribution in [1.29, 1.82) is 0 Å². The minimum atomic E-state index is -0.0580. The van der Waals surface area contributed by atoms with Crippen molar-refractivity contribution in [3.63, 3.8) is 0 Å². The number of ether oxygens (including phenoxy) is 1. The van der Waals surface area contributed by atoms with Crippen LogP contribution in [-0.4, -0.2) is 77.7 Å². The molecule has 9 heteroatoms. The molecule has 1 aromatic rings. The highest BCUT2D eigenvalue weighted by Crippen LogP contribution is 2.48. The lowest BCUT2D eigenvalue weighted by atomic mass is 9.76. The molecule has 3 aliphatic heterocycles. The summed E-state index contributed by atoms with van der Waals surface area (Å²) in [5.41, 5.74) is 0.0712. The third-order valence-corrected chi connectivity index (χ3v) is 7.34. The van der Waals surface area contributed by atoms with E-state index in [1.54, 1.807) is 0 Å². The van der Waals surface area contributed by atoms with E-state index in [0.29, 0.717) is 30.7 Å². The lowest BCUT2D eigenvalue weighted by Crippen LogP contribution is -2.46. The van der Waals surface area contributed by atoms with E-state index in [4.69, 9.17) is 9.26 Å². The van der Waals surface area contributed by atoms with Crippen LogP contribution in [0, 0.1) is 24.2 Å². The van der Waals surface area contributed by atoms with E-state index >= 15 is 0 Å². The largest absolute Gasteiger partial charge is 0.381 e. The second kappa shape index (κ2) is 9.87. The number of aryl methyl sites for hydroxylation is 1. The number of hydrogen-bond donors (Lipinski definition) is 1. The number of rotatable bonds is 6. The molecule has 0 aliphatic carbocycles. The van der Waals surface area contributed by atoms with Gasteiger partial charge in [-0.15, -0.1) is 0 Å². The number of hydrogen-bond acceptors (Lipinski definition) is 7. The van der Waals surface area contributed by atoms with Crippen LogP contribution in [0.25, 0.3) is 0 Å². The molecule has 4 rings (SSSR count). The van der Waals surface area contributed by atoms with Gasteiger partial charge in [0, 0.05) is 45.3 Å². The van der Waals surface area contributed by atoms with Gasteiger partial charge in [0.25, 0.3) is 0 Å². The number of nitrogens with zero attached hydrogens (tertiary/aromatic N) is 4. The number of aromatic nitrogens is 2. The van der Waals surface area contributed by atoms with E-state index in [9.17, 15) is 9.59 Å². The van der Waals surface area contributed by atoms with Gasteiger partial charge in [-0.2, -0.15) is 4.98 Å². The van der Waals surface area contributed by atoms with Crippen LogP contribution in [0.5, 0.6) is 0 Å². The molecule has 1 N–H and O–H groups in total. The Balaban J connectivity index is 1.39. The van der Waals surface area contributed by atoms with Gasteiger partial charge in [-0.3, -0.25) is 14.5 Å². The normalized spacial score (nSPS) is 24.4. The van der Waals surface area contributed by atoms with Gasteiger partial charge >= 0.3 is 0 Å². The second-order valence-corrected chi connectivity index (χ2v) is 10.1. The zero-order valence-corrected chi connectivity index (χ0v) is 19.6. The van der Waals surface area contributed by atoms with E-state index < -0.39 is 0 Å². The lowest BCUT2D eigenvalue weighted by Gasteiger charge is -2.40. The first-order valence-electron chi connectivity index (χ1n) is 12.0. The number of likely N-dealkylation sites (tertiary alicyclic amines) is 2. The van der Waals surface area contributed by atoms with Crippen LogP contribution in [0.1, 0.15) is 63.7 Å². The smallest absolute Gasteiger partial charge is 0.244 e. The van der Waals surface area contributed by atoms with Gasteiger partial charge in [-0.1, -0.05) is 19.0 Å². The molecule has 3 aliphatic rings. The van der Waals surface area contributed by atoms with Gasteiger partial charge in [-0.05, 0) is 50.4 Å². The molecule has 1 aromatic heterocycles. The number of nitrogens with one attached hydrogen (secondary N) is 1. The summed E-state index contributed by atoms with van der Waals surface area (Å²) in [5.74, 6) is 2.00. The minimum Gasteiger partial charge on any atom is -0.381 e. The maximum Gasteiger partial charge on any atom is 0.244 e. The van der Waals surface area contributed by atoms with Crippen LogP contribution in [0.15, 0.2) is 4.52 Å². The summed E-state index contributed by atoms with van der Waals surface area (Å²) >= 11 is 0. The van der Waals surface area contributed by atoms with Gasteiger partial charge in [0.05, 0.1) is 12.6 Å². The molecular weight excluding hydrogens is 410 g/mol. The molecule has 0 aromatic carbocycles. The molecule has 3 fully saturated rings. The highest BCUT2D eigenvalue weighted by molar-refractivity contribution is 5.78. The van der Waals surface area contributed by atoms with Crippen LogP contribution < -0.4 is 5.32 Å². The van der Waals surface area contributed by atoms with Crippen molar-refractivity contribution in [3.05, 3.63) is 11.7 Å². The average molecular weight is 448 g/mol. The topological polar surface area (TPSA) is 101 Å². The Morgan fingerprint density at radius 2 is 1.94 bits per heavy atom. The van der Waals surface area contributed by atoms with Gasteiger partial charge in [-0.25, -0.2) is 0 Å². The summed E-state index contributed by atoms with van der Waals surface area (Å²) in [4.78, 5) is 33.9.